The first-order chi connectivity index (χ1) is 19.7. The summed E-state index contributed by atoms with van der Waals surface area (Å²) in [6, 6.07) is 7.51. The van der Waals surface area contributed by atoms with E-state index >= 15 is 0 Å². The molecule has 1 atom stereocenters. The van der Waals surface area contributed by atoms with Crippen molar-refractivity contribution in [3.05, 3.63) is 81.0 Å². The van der Waals surface area contributed by atoms with Crippen molar-refractivity contribution in [2.24, 2.45) is 5.73 Å². The molecule has 8 nitrogen and oxygen atoms in total. The van der Waals surface area contributed by atoms with Crippen LogP contribution in [0.1, 0.15) is 42.2 Å². The lowest BCUT2D eigenvalue weighted by Gasteiger charge is -2.22. The number of primary amides is 1. The minimum absolute atomic E-state index is 0.0492. The van der Waals surface area contributed by atoms with Crippen molar-refractivity contribution in [2.45, 2.75) is 45.0 Å². The van der Waals surface area contributed by atoms with E-state index in [0.717, 1.165) is 16.7 Å². The van der Waals surface area contributed by atoms with Crippen LogP contribution in [0.2, 0.25) is 5.02 Å². The second kappa shape index (κ2) is 13.8. The van der Waals surface area contributed by atoms with Gasteiger partial charge in [-0.05, 0) is 56.2 Å². The number of carbonyl (C=O) groups is 2. The predicted molar refractivity (Wildman–Crippen MR) is 148 cm³/mol. The summed E-state index contributed by atoms with van der Waals surface area (Å²) in [4.78, 5) is 38.3. The van der Waals surface area contributed by atoms with Gasteiger partial charge < -0.3 is 24.5 Å². The highest BCUT2D eigenvalue weighted by Crippen LogP contribution is 2.38. The number of methoxy groups -OCH3 is 1. The number of alkyl halides is 3. The zero-order valence-corrected chi connectivity index (χ0v) is 23.7. The second-order valence-corrected chi connectivity index (χ2v) is 10.0. The van der Waals surface area contributed by atoms with Crippen LogP contribution >= 0.6 is 11.6 Å². The predicted octanol–water partition coefficient (Wildman–Crippen LogP) is 5.52. The molecule has 0 aliphatic carbocycles. The molecule has 0 saturated carbocycles. The maximum atomic E-state index is 14.3. The summed E-state index contributed by atoms with van der Waals surface area (Å²) in [7, 11) is 1.29. The molecule has 0 fully saturated rings. The van der Waals surface area contributed by atoms with Gasteiger partial charge in [0.25, 0.3) is 11.5 Å². The highest BCUT2D eigenvalue weighted by molar-refractivity contribution is 6.31. The number of nitrogens with zero attached hydrogens (tertiary/aromatic N) is 1. The number of hydrogen-bond donors (Lipinski definition) is 1. The van der Waals surface area contributed by atoms with Crippen molar-refractivity contribution in [3.63, 3.8) is 0 Å². The van der Waals surface area contributed by atoms with Crippen LogP contribution in [0, 0.1) is 5.82 Å². The Bertz CT molecular complexity index is 1510. The maximum Gasteiger partial charge on any atom is 0.422 e. The third kappa shape index (κ3) is 8.56. The van der Waals surface area contributed by atoms with Crippen molar-refractivity contribution < 1.29 is 41.4 Å². The van der Waals surface area contributed by atoms with E-state index in [1.165, 1.54) is 43.6 Å². The zero-order valence-electron chi connectivity index (χ0n) is 23.0. The first-order valence-electron chi connectivity index (χ1n) is 12.7. The number of nitrogens with two attached hydrogens (primary N) is 1. The molecule has 13 heteroatoms. The molecule has 1 amide bonds. The first kappa shape index (κ1) is 32.6. The lowest BCUT2D eigenvalue weighted by Crippen LogP contribution is -2.31. The number of ether oxygens (including phenoxy) is 3. The van der Waals surface area contributed by atoms with Crippen molar-refractivity contribution in [1.29, 1.82) is 0 Å². The number of ketones is 1. The molecule has 42 heavy (non-hydrogen) atoms. The van der Waals surface area contributed by atoms with Crippen molar-refractivity contribution in [2.75, 3.05) is 20.3 Å². The molecule has 2 N–H and O–H groups in total. The summed E-state index contributed by atoms with van der Waals surface area (Å²) in [5, 5.41) is 0.170. The van der Waals surface area contributed by atoms with Crippen LogP contribution in [0.25, 0.3) is 11.1 Å². The molecule has 0 spiro atoms. The average molecular weight is 613 g/mol. The Kier molecular flexibility index (Phi) is 10.7. The van der Waals surface area contributed by atoms with Gasteiger partial charge in [0.2, 0.25) is 0 Å². The molecule has 0 aliphatic rings. The largest absolute Gasteiger partial charge is 0.495 e. The second-order valence-electron chi connectivity index (χ2n) is 9.59. The summed E-state index contributed by atoms with van der Waals surface area (Å²) in [5.74, 6) is -2.46. The van der Waals surface area contributed by atoms with Gasteiger partial charge in [0.15, 0.2) is 12.4 Å². The number of Topliss-reactive ketones (excluding diaryl/α,β-unsaturated/α-hetero) is 1. The SMILES string of the molecule is COc1cn(C(CCOC(C)C)C(=O)Cc2ccc(C(N)=O)c(F)c2)c(=O)cc1-c1cc(Cl)ccc1OCC(F)(F)F. The fraction of sp³-hybridized carbons (Fsp3) is 0.345. The molecular formula is C29H29ClF4N2O6. The smallest absolute Gasteiger partial charge is 0.422 e. The van der Waals surface area contributed by atoms with E-state index in [1.807, 2.05) is 0 Å². The number of benzene rings is 2. The van der Waals surface area contributed by atoms with Gasteiger partial charge in [0, 0.05) is 35.2 Å². The van der Waals surface area contributed by atoms with Crippen LogP contribution in [-0.4, -0.2) is 48.9 Å². The quantitative estimate of drug-likeness (QED) is 0.255. The molecule has 0 saturated heterocycles. The molecule has 0 radical (unpaired) electrons. The Morgan fingerprint density at radius 3 is 2.33 bits per heavy atom. The van der Waals surface area contributed by atoms with Gasteiger partial charge in [0.1, 0.15) is 17.3 Å². The Morgan fingerprint density at radius 2 is 1.74 bits per heavy atom. The van der Waals surface area contributed by atoms with E-state index in [2.05, 4.69) is 0 Å². The molecule has 0 bridgehead atoms. The average Bonchev–Trinajstić information content (AvgIpc) is 2.89. The number of amides is 1. The van der Waals surface area contributed by atoms with E-state index in [-0.39, 0.29) is 64.3 Å². The summed E-state index contributed by atoms with van der Waals surface area (Å²) in [6.07, 6.45) is -3.73. The molecule has 2 aromatic carbocycles. The third-order valence-electron chi connectivity index (χ3n) is 6.11. The van der Waals surface area contributed by atoms with E-state index in [1.54, 1.807) is 13.8 Å². The van der Waals surface area contributed by atoms with Crippen LogP contribution in [0.4, 0.5) is 17.6 Å². The monoisotopic (exact) mass is 612 g/mol. The van der Waals surface area contributed by atoms with Crippen LogP contribution in [0.3, 0.4) is 0 Å². The molecule has 3 aromatic rings. The number of pyridine rings is 1. The summed E-state index contributed by atoms with van der Waals surface area (Å²) >= 11 is 6.10. The number of aromatic nitrogens is 1. The molecule has 226 valence electrons. The van der Waals surface area contributed by atoms with Crippen molar-refractivity contribution in [1.82, 2.24) is 4.57 Å². The van der Waals surface area contributed by atoms with Gasteiger partial charge in [-0.1, -0.05) is 17.7 Å². The Hall–Kier alpha value is -3.90. The van der Waals surface area contributed by atoms with Crippen molar-refractivity contribution in [3.8, 4) is 22.6 Å². The fourth-order valence-electron chi connectivity index (χ4n) is 4.20. The Morgan fingerprint density at radius 1 is 1.05 bits per heavy atom. The minimum atomic E-state index is -4.61. The highest BCUT2D eigenvalue weighted by atomic mass is 35.5. The number of hydrogen-bond acceptors (Lipinski definition) is 6. The van der Waals surface area contributed by atoms with Crippen LogP contribution < -0.4 is 20.8 Å². The van der Waals surface area contributed by atoms with Crippen LogP contribution in [-0.2, 0) is 16.0 Å². The molecule has 1 aromatic heterocycles. The number of halogens is 5. The van der Waals surface area contributed by atoms with Crippen LogP contribution in [0.15, 0.2) is 53.5 Å². The van der Waals surface area contributed by atoms with Gasteiger partial charge >= 0.3 is 6.18 Å². The van der Waals surface area contributed by atoms with Gasteiger partial charge in [-0.3, -0.25) is 14.4 Å². The third-order valence-corrected chi connectivity index (χ3v) is 6.35. The molecule has 1 unspecified atom stereocenters. The van der Waals surface area contributed by atoms with E-state index in [9.17, 15) is 31.9 Å². The highest BCUT2D eigenvalue weighted by Gasteiger charge is 2.30. The van der Waals surface area contributed by atoms with Gasteiger partial charge in [-0.2, -0.15) is 13.2 Å². The van der Waals surface area contributed by atoms with E-state index in [0.29, 0.717) is 0 Å². The zero-order chi connectivity index (χ0) is 31.2. The normalized spacial score (nSPS) is 12.3. The summed E-state index contributed by atoms with van der Waals surface area (Å²) < 4.78 is 70.0. The van der Waals surface area contributed by atoms with Gasteiger partial charge in [-0.25, -0.2) is 4.39 Å². The first-order valence-corrected chi connectivity index (χ1v) is 13.1. The van der Waals surface area contributed by atoms with Gasteiger partial charge in [0.05, 0.1) is 31.0 Å². The molecular weight excluding hydrogens is 584 g/mol. The maximum absolute atomic E-state index is 14.3. The number of carbonyl (C=O) groups excluding carboxylic acids is 2. The minimum Gasteiger partial charge on any atom is -0.495 e. The fourth-order valence-corrected chi connectivity index (χ4v) is 4.37. The summed E-state index contributed by atoms with van der Waals surface area (Å²) in [5.41, 5.74) is 4.55. The van der Waals surface area contributed by atoms with Crippen LogP contribution in [0.5, 0.6) is 11.5 Å². The van der Waals surface area contributed by atoms with E-state index in [4.69, 9.17) is 31.5 Å². The van der Waals surface area contributed by atoms with E-state index < -0.39 is 41.9 Å². The Balaban J connectivity index is 2.04. The van der Waals surface area contributed by atoms with Crippen molar-refractivity contribution >= 4 is 23.3 Å². The Labute approximate surface area is 243 Å². The molecule has 3 rings (SSSR count). The lowest BCUT2D eigenvalue weighted by atomic mass is 9.99. The lowest BCUT2D eigenvalue weighted by molar-refractivity contribution is -0.153. The number of rotatable bonds is 13. The van der Waals surface area contributed by atoms with Gasteiger partial charge in [-0.15, -0.1) is 0 Å². The standard InChI is InChI=1S/C29H29ClF4N2O6/c1-16(2)41-9-8-23(24(37)11-17-4-6-19(28(35)39)22(31)10-17)36-14-26(40-3)21(13-27(36)38)20-12-18(30)5-7-25(20)42-15-29(32,33)34/h4-7,10,12-14,16,23H,8-9,11,15H2,1-3H3,(H2,35,39). The topological polar surface area (TPSA) is 110 Å². The molecule has 1 heterocycles. The summed E-state index contributed by atoms with van der Waals surface area (Å²) in [6.45, 7) is 2.12. The molecule has 0 aliphatic heterocycles.